The number of fused-ring (bicyclic) bond motifs is 8. The summed E-state index contributed by atoms with van der Waals surface area (Å²) in [5, 5.41) is 5.24. The van der Waals surface area contributed by atoms with E-state index in [9.17, 15) is 0 Å². The number of thiophene rings is 1. The molecule has 0 fully saturated rings. The zero-order valence-corrected chi connectivity index (χ0v) is 31.0. The van der Waals surface area contributed by atoms with E-state index in [1.807, 2.05) is 11.3 Å². The fourth-order valence-electron chi connectivity index (χ4n) is 8.74. The molecule has 0 N–H and O–H groups in total. The molecule has 0 bridgehead atoms. The van der Waals surface area contributed by atoms with Crippen molar-refractivity contribution in [3.63, 3.8) is 0 Å². The molecule has 0 amide bonds. The number of hydrogen-bond acceptors (Lipinski definition) is 2. The standard InChI is InChI=1S/C52H36N2S/c1-3-14-35(15-4-1)37-16-13-19-40(32-37)53(41-30-31-51-47(33-41)43-21-10-12-25-50(43)55-51)39-28-26-36(27-29-39)46-34-49-52(44-22-8-7-20-42(44)46)45-23-9-11-24-48(45)54(49)38-17-5-2-6-18-38/h1-6,8-19,21-34H,7,20H2. The average molecular weight is 721 g/mol. The highest BCUT2D eigenvalue weighted by Gasteiger charge is 2.22. The van der Waals surface area contributed by atoms with Crippen LogP contribution in [0.15, 0.2) is 188 Å². The van der Waals surface area contributed by atoms with Crippen LogP contribution in [0, 0.1) is 0 Å². The minimum absolute atomic E-state index is 1.02. The second-order valence-electron chi connectivity index (χ2n) is 14.4. The van der Waals surface area contributed by atoms with E-state index in [1.54, 1.807) is 0 Å². The van der Waals surface area contributed by atoms with E-state index in [-0.39, 0.29) is 0 Å². The SMILES string of the molecule is C1=Cc2c(c(-c3ccc(N(c4cccc(-c5ccccc5)c4)c4ccc5sc6ccccc6c5c4)cc3)cc3c2c2ccccc2n3-c2ccccc2)CC1. The van der Waals surface area contributed by atoms with Crippen LogP contribution in [0.3, 0.4) is 0 Å². The average Bonchev–Trinajstić information content (AvgIpc) is 3.80. The molecular weight excluding hydrogens is 685 g/mol. The third-order valence-corrected chi connectivity index (χ3v) is 12.4. The Morgan fingerprint density at radius 2 is 1.16 bits per heavy atom. The van der Waals surface area contributed by atoms with Crippen molar-refractivity contribution >= 4 is 76.5 Å². The Balaban J connectivity index is 1.09. The first-order chi connectivity index (χ1) is 27.3. The summed E-state index contributed by atoms with van der Waals surface area (Å²) in [6, 6.07) is 66.7. The lowest BCUT2D eigenvalue weighted by Gasteiger charge is -2.27. The van der Waals surface area contributed by atoms with E-state index < -0.39 is 0 Å². The van der Waals surface area contributed by atoms with Gasteiger partial charge in [0.25, 0.3) is 0 Å². The number of benzene rings is 8. The van der Waals surface area contributed by atoms with Gasteiger partial charge in [-0.1, -0.05) is 121 Å². The molecule has 0 radical (unpaired) electrons. The van der Waals surface area contributed by atoms with Gasteiger partial charge in [-0.2, -0.15) is 0 Å². The molecule has 0 aliphatic heterocycles. The van der Waals surface area contributed by atoms with E-state index >= 15 is 0 Å². The van der Waals surface area contributed by atoms with Crippen molar-refractivity contribution in [1.29, 1.82) is 0 Å². The topological polar surface area (TPSA) is 8.17 Å². The third kappa shape index (κ3) is 5.31. The molecule has 1 aliphatic rings. The fraction of sp³-hybridized carbons (Fsp3) is 0.0385. The first kappa shape index (κ1) is 31.8. The molecule has 2 heterocycles. The Bertz CT molecular complexity index is 3080. The van der Waals surface area contributed by atoms with Gasteiger partial charge >= 0.3 is 0 Å². The van der Waals surface area contributed by atoms with Gasteiger partial charge in [-0.25, -0.2) is 0 Å². The van der Waals surface area contributed by atoms with Crippen LogP contribution in [0.4, 0.5) is 17.1 Å². The Labute approximate surface area is 324 Å². The third-order valence-electron chi connectivity index (χ3n) is 11.2. The van der Waals surface area contributed by atoms with E-state index in [0.717, 1.165) is 29.9 Å². The number of nitrogens with zero attached hydrogens (tertiary/aromatic N) is 2. The number of hydrogen-bond donors (Lipinski definition) is 0. The Kier molecular flexibility index (Phi) is 7.53. The summed E-state index contributed by atoms with van der Waals surface area (Å²) in [7, 11) is 0. The Morgan fingerprint density at radius 1 is 0.473 bits per heavy atom. The van der Waals surface area contributed by atoms with Crippen molar-refractivity contribution < 1.29 is 0 Å². The highest BCUT2D eigenvalue weighted by molar-refractivity contribution is 7.25. The highest BCUT2D eigenvalue weighted by atomic mass is 32.1. The molecule has 0 saturated heterocycles. The maximum absolute atomic E-state index is 2.45. The van der Waals surface area contributed by atoms with Gasteiger partial charge < -0.3 is 9.47 Å². The smallest absolute Gasteiger partial charge is 0.0553 e. The monoisotopic (exact) mass is 720 g/mol. The molecule has 2 aromatic heterocycles. The van der Waals surface area contributed by atoms with Crippen molar-refractivity contribution in [3.05, 3.63) is 199 Å². The molecule has 10 aromatic rings. The molecule has 0 unspecified atom stereocenters. The maximum atomic E-state index is 2.45. The second-order valence-corrected chi connectivity index (χ2v) is 15.5. The van der Waals surface area contributed by atoms with Crippen LogP contribution in [0.5, 0.6) is 0 Å². The Hall–Kier alpha value is -6.68. The fourth-order valence-corrected chi connectivity index (χ4v) is 9.83. The van der Waals surface area contributed by atoms with E-state index in [0.29, 0.717) is 0 Å². The summed E-state index contributed by atoms with van der Waals surface area (Å²) in [6.45, 7) is 0. The molecule has 0 spiro atoms. The van der Waals surface area contributed by atoms with Gasteiger partial charge in [-0.3, -0.25) is 0 Å². The van der Waals surface area contributed by atoms with Gasteiger partial charge in [-0.15, -0.1) is 11.3 Å². The molecule has 260 valence electrons. The van der Waals surface area contributed by atoms with Crippen molar-refractivity contribution in [2.45, 2.75) is 12.8 Å². The van der Waals surface area contributed by atoms with Crippen molar-refractivity contribution in [3.8, 4) is 27.9 Å². The molecule has 11 rings (SSSR count). The van der Waals surface area contributed by atoms with Crippen LogP contribution < -0.4 is 4.90 Å². The zero-order chi connectivity index (χ0) is 36.3. The molecule has 8 aromatic carbocycles. The van der Waals surface area contributed by atoms with Gasteiger partial charge in [0, 0.05) is 53.7 Å². The van der Waals surface area contributed by atoms with Gasteiger partial charge in [-0.05, 0) is 119 Å². The summed E-state index contributed by atoms with van der Waals surface area (Å²) < 4.78 is 5.07. The van der Waals surface area contributed by atoms with Crippen molar-refractivity contribution in [2.75, 3.05) is 4.90 Å². The summed E-state index contributed by atoms with van der Waals surface area (Å²) >= 11 is 1.86. The Morgan fingerprint density at radius 3 is 2.02 bits per heavy atom. The van der Waals surface area contributed by atoms with Crippen LogP contribution in [0.1, 0.15) is 17.5 Å². The van der Waals surface area contributed by atoms with Gasteiger partial charge in [0.1, 0.15) is 0 Å². The summed E-state index contributed by atoms with van der Waals surface area (Å²) in [5.74, 6) is 0. The highest BCUT2D eigenvalue weighted by Crippen LogP contribution is 2.45. The summed E-state index contributed by atoms with van der Waals surface area (Å²) in [5.41, 5.74) is 14.8. The predicted octanol–water partition coefficient (Wildman–Crippen LogP) is 14.9. The largest absolute Gasteiger partial charge is 0.310 e. The van der Waals surface area contributed by atoms with Crippen LogP contribution in [-0.2, 0) is 6.42 Å². The van der Waals surface area contributed by atoms with Crippen LogP contribution in [0.2, 0.25) is 0 Å². The van der Waals surface area contributed by atoms with Gasteiger partial charge in [0.05, 0.1) is 11.0 Å². The molecule has 1 aliphatic carbocycles. The number of aromatic nitrogens is 1. The van der Waals surface area contributed by atoms with Crippen LogP contribution >= 0.6 is 11.3 Å². The minimum atomic E-state index is 1.02. The molecule has 0 saturated carbocycles. The second kappa shape index (κ2) is 13.0. The number of anilines is 3. The normalized spacial score (nSPS) is 12.5. The quantitative estimate of drug-likeness (QED) is 0.166. The lowest BCUT2D eigenvalue weighted by molar-refractivity contribution is 0.991. The molecule has 55 heavy (non-hydrogen) atoms. The van der Waals surface area contributed by atoms with Crippen LogP contribution in [-0.4, -0.2) is 4.57 Å². The van der Waals surface area contributed by atoms with E-state index in [1.165, 1.54) is 81.0 Å². The molecule has 0 atom stereocenters. The summed E-state index contributed by atoms with van der Waals surface area (Å²) in [6.07, 6.45) is 6.79. The summed E-state index contributed by atoms with van der Waals surface area (Å²) in [4.78, 5) is 2.41. The van der Waals surface area contributed by atoms with Crippen molar-refractivity contribution in [2.24, 2.45) is 0 Å². The minimum Gasteiger partial charge on any atom is -0.310 e. The van der Waals surface area contributed by atoms with E-state index in [2.05, 4.69) is 204 Å². The maximum Gasteiger partial charge on any atom is 0.0553 e. The lowest BCUT2D eigenvalue weighted by atomic mass is 9.86. The molecular formula is C52H36N2S. The number of allylic oxidation sites excluding steroid dienone is 1. The first-order valence-electron chi connectivity index (χ1n) is 19.1. The molecule has 3 heteroatoms. The number of para-hydroxylation sites is 2. The van der Waals surface area contributed by atoms with E-state index in [4.69, 9.17) is 0 Å². The predicted molar refractivity (Wildman–Crippen MR) is 237 cm³/mol. The lowest BCUT2D eigenvalue weighted by Crippen LogP contribution is -2.10. The van der Waals surface area contributed by atoms with Crippen molar-refractivity contribution in [1.82, 2.24) is 4.57 Å². The first-order valence-corrected chi connectivity index (χ1v) is 19.9. The molecule has 2 nitrogen and oxygen atoms in total. The van der Waals surface area contributed by atoms with Gasteiger partial charge in [0.2, 0.25) is 0 Å². The van der Waals surface area contributed by atoms with Crippen LogP contribution in [0.25, 0.3) is 76.0 Å². The van der Waals surface area contributed by atoms with Gasteiger partial charge in [0.15, 0.2) is 0 Å². The zero-order valence-electron chi connectivity index (χ0n) is 30.2. The number of rotatable bonds is 6.